The summed E-state index contributed by atoms with van der Waals surface area (Å²) in [4.78, 5) is 60.9. The summed E-state index contributed by atoms with van der Waals surface area (Å²) in [6, 6.07) is 32.5. The van der Waals surface area contributed by atoms with E-state index in [4.69, 9.17) is 0 Å². The number of anilines is 2. The zero-order valence-corrected chi connectivity index (χ0v) is 45.7. The van der Waals surface area contributed by atoms with Gasteiger partial charge in [0.25, 0.3) is 23.6 Å². The van der Waals surface area contributed by atoms with E-state index in [-0.39, 0.29) is 73.7 Å². The van der Waals surface area contributed by atoms with Crippen molar-refractivity contribution in [3.05, 3.63) is 175 Å². The molecule has 0 unspecified atom stereocenters. The molecule has 0 fully saturated rings. The molecule has 2 heterocycles. The number of carbonyl (C=O) groups excluding carboxylic acids is 4. The van der Waals surface area contributed by atoms with E-state index in [2.05, 4.69) is 60.4 Å². The van der Waals surface area contributed by atoms with Crippen molar-refractivity contribution in [1.82, 2.24) is 0 Å². The minimum absolute atomic E-state index is 0.0540. The number of aryl methyl sites for hydroxylation is 2. The molecule has 0 aromatic heterocycles. The molecule has 8 aromatic carbocycles. The number of carbonyl (C=O) groups is 4. The minimum atomic E-state index is -0.481. The first-order valence-corrected chi connectivity index (χ1v) is 27.5. The molecule has 4 amide bonds. The van der Waals surface area contributed by atoms with Crippen LogP contribution in [0.2, 0.25) is 0 Å². The molecule has 0 atom stereocenters. The summed E-state index contributed by atoms with van der Waals surface area (Å²) in [7, 11) is 0. The molecule has 10 nitrogen and oxygen atoms in total. The van der Waals surface area contributed by atoms with Crippen LogP contribution in [-0.4, -0.2) is 70.5 Å². The standard InChI is InChI=1S/C68H66N2O8/c1-35(2)55-23-51(53(31-71)32-72)24-56(36(3)4)63(55)69-65(75)59-27-47-19-43-15-39-11-9-10-12-40-16-44-20-48-28-60-62(68(78)70(66(60)76)64-57(37(5)6)25-52(54(33-73)34-74)26-58(64)38(7)8)30-50(48)22-46(44)18-42(40)14-13-41(39)17-45(43)21-49(47)29-61(59)67(69)77/h15-30,35-38,53-54,71-74H,11-14,31-34H2,1-8H3. The largest absolute Gasteiger partial charge is 0.396 e. The highest BCUT2D eigenvalue weighted by Crippen LogP contribution is 2.45. The van der Waals surface area contributed by atoms with Crippen molar-refractivity contribution in [1.29, 1.82) is 0 Å². The Kier molecular flexibility index (Phi) is 13.7. The third kappa shape index (κ3) is 8.78. The SMILES string of the molecule is CC(C)c1cc(C(CO)CO)cc(C(C)C)c1N1C(=O)c2cc3cc4cc5c(cc4cc3cc2C1=O)CCc1cc2cc3cc4c(cc3cc2cc1CC#CC5)C(=O)N(c1c(C(C)C)cc(C(CO)CO)cc1C(C)C)C4=O. The van der Waals surface area contributed by atoms with Crippen molar-refractivity contribution < 1.29 is 39.6 Å². The van der Waals surface area contributed by atoms with E-state index in [1.807, 2.05) is 104 Å². The molecule has 11 rings (SSSR count). The maximum absolute atomic E-state index is 14.6. The maximum atomic E-state index is 14.6. The number of hydrogen-bond acceptors (Lipinski definition) is 8. The molecule has 396 valence electrons. The van der Waals surface area contributed by atoms with Crippen LogP contribution in [0.4, 0.5) is 11.4 Å². The summed E-state index contributed by atoms with van der Waals surface area (Å²) in [5.41, 5.74) is 12.1. The van der Waals surface area contributed by atoms with Gasteiger partial charge in [0.1, 0.15) is 0 Å². The van der Waals surface area contributed by atoms with E-state index in [0.29, 0.717) is 46.5 Å². The second-order valence-corrected chi connectivity index (χ2v) is 23.1. The summed E-state index contributed by atoms with van der Waals surface area (Å²) in [6.07, 6.45) is 2.71. The Labute approximate surface area is 455 Å². The summed E-state index contributed by atoms with van der Waals surface area (Å²) in [6.45, 7) is 15.3. The number of imide groups is 2. The summed E-state index contributed by atoms with van der Waals surface area (Å²) < 4.78 is 0. The van der Waals surface area contributed by atoms with Gasteiger partial charge in [0, 0.05) is 24.7 Å². The smallest absolute Gasteiger partial charge is 0.266 e. The predicted octanol–water partition coefficient (Wildman–Crippen LogP) is 12.4. The zero-order chi connectivity index (χ0) is 55.2. The van der Waals surface area contributed by atoms with Gasteiger partial charge in [0.15, 0.2) is 0 Å². The van der Waals surface area contributed by atoms with Crippen LogP contribution in [0, 0.1) is 11.8 Å². The number of fused-ring (bicyclic) bond motifs is 8. The number of nitrogens with zero attached hydrogens (tertiary/aromatic N) is 2. The second kappa shape index (κ2) is 20.4. The van der Waals surface area contributed by atoms with Gasteiger partial charge in [-0.1, -0.05) is 104 Å². The lowest BCUT2D eigenvalue weighted by Gasteiger charge is -2.28. The number of hydrogen-bond donors (Lipinski definition) is 4. The predicted molar refractivity (Wildman–Crippen MR) is 311 cm³/mol. The van der Waals surface area contributed by atoms with Crippen LogP contribution in [0.5, 0.6) is 0 Å². The lowest BCUT2D eigenvalue weighted by molar-refractivity contribution is 0.0909. The topological polar surface area (TPSA) is 156 Å². The van der Waals surface area contributed by atoms with Crippen molar-refractivity contribution in [2.24, 2.45) is 0 Å². The average molecular weight is 1040 g/mol. The molecular weight excluding hydrogens is 973 g/mol. The third-order valence-corrected chi connectivity index (χ3v) is 16.7. The first-order chi connectivity index (χ1) is 37.4. The van der Waals surface area contributed by atoms with Gasteiger partial charge in [-0.2, -0.15) is 0 Å². The van der Waals surface area contributed by atoms with Crippen molar-refractivity contribution in [2.75, 3.05) is 36.2 Å². The van der Waals surface area contributed by atoms with Crippen molar-refractivity contribution >= 4 is 78.1 Å². The number of rotatable bonds is 12. The van der Waals surface area contributed by atoms with Crippen molar-refractivity contribution in [2.45, 2.75) is 117 Å². The van der Waals surface area contributed by atoms with Gasteiger partial charge in [-0.15, -0.1) is 0 Å². The average Bonchev–Trinajstić information content (AvgIpc) is 3.86. The quantitative estimate of drug-likeness (QED) is 0.0535. The maximum Gasteiger partial charge on any atom is 0.266 e. The van der Waals surface area contributed by atoms with Crippen LogP contribution in [0.25, 0.3) is 43.1 Å². The Balaban J connectivity index is 0.915. The van der Waals surface area contributed by atoms with E-state index >= 15 is 0 Å². The molecule has 2 aliphatic heterocycles. The first kappa shape index (κ1) is 52.5. The highest BCUT2D eigenvalue weighted by molar-refractivity contribution is 6.37. The van der Waals surface area contributed by atoms with E-state index in [1.54, 1.807) is 0 Å². The van der Waals surface area contributed by atoms with E-state index in [0.717, 1.165) is 100 Å². The van der Waals surface area contributed by atoms with Crippen LogP contribution >= 0.6 is 0 Å². The molecule has 0 saturated heterocycles. The van der Waals surface area contributed by atoms with Crippen LogP contribution in [0.3, 0.4) is 0 Å². The Morgan fingerprint density at radius 1 is 0.359 bits per heavy atom. The molecule has 0 radical (unpaired) electrons. The van der Waals surface area contributed by atoms with Crippen molar-refractivity contribution in [3.63, 3.8) is 0 Å². The Hall–Kier alpha value is -7.52. The Morgan fingerprint density at radius 2 is 0.603 bits per heavy atom. The van der Waals surface area contributed by atoms with Gasteiger partial charge in [0.2, 0.25) is 0 Å². The normalized spacial score (nSPS) is 14.6. The van der Waals surface area contributed by atoms with E-state index in [1.165, 1.54) is 20.9 Å². The van der Waals surface area contributed by atoms with Gasteiger partial charge >= 0.3 is 0 Å². The van der Waals surface area contributed by atoms with Crippen LogP contribution in [0.1, 0.15) is 188 Å². The lowest BCUT2D eigenvalue weighted by Crippen LogP contribution is -2.32. The van der Waals surface area contributed by atoms with Gasteiger partial charge in [-0.3, -0.25) is 19.2 Å². The fraction of sp³-hybridized carbons (Fsp3) is 0.324. The van der Waals surface area contributed by atoms with Gasteiger partial charge in [0.05, 0.1) is 60.1 Å². The Morgan fingerprint density at radius 3 is 0.846 bits per heavy atom. The van der Waals surface area contributed by atoms with Crippen LogP contribution < -0.4 is 9.80 Å². The Bertz CT molecular complexity index is 3630. The first-order valence-electron chi connectivity index (χ1n) is 27.5. The fourth-order valence-corrected chi connectivity index (χ4v) is 12.2. The molecule has 8 aromatic rings. The highest BCUT2D eigenvalue weighted by atomic mass is 16.3. The number of benzene rings is 8. The molecule has 78 heavy (non-hydrogen) atoms. The molecule has 0 bridgehead atoms. The zero-order valence-electron chi connectivity index (χ0n) is 45.7. The molecule has 0 spiro atoms. The third-order valence-electron chi connectivity index (χ3n) is 16.7. The fourth-order valence-electron chi connectivity index (χ4n) is 12.2. The molecule has 3 aliphatic rings. The summed E-state index contributed by atoms with van der Waals surface area (Å²) in [5.74, 6) is 4.30. The number of amides is 4. The second-order valence-electron chi connectivity index (χ2n) is 23.1. The molecular formula is C68H66N2O8. The number of aliphatic hydroxyl groups excluding tert-OH is 4. The number of aliphatic hydroxyl groups is 4. The summed E-state index contributed by atoms with van der Waals surface area (Å²) in [5, 5.41) is 47.9. The summed E-state index contributed by atoms with van der Waals surface area (Å²) >= 11 is 0. The molecule has 1 aliphatic carbocycles. The van der Waals surface area contributed by atoms with Gasteiger partial charge in [-0.05, 0) is 196 Å². The lowest BCUT2D eigenvalue weighted by atomic mass is 9.86. The highest BCUT2D eigenvalue weighted by Gasteiger charge is 2.42. The minimum Gasteiger partial charge on any atom is -0.396 e. The van der Waals surface area contributed by atoms with Gasteiger partial charge in [-0.25, -0.2) is 9.80 Å². The van der Waals surface area contributed by atoms with E-state index in [9.17, 15) is 39.6 Å². The van der Waals surface area contributed by atoms with Crippen LogP contribution in [0.15, 0.2) is 97.1 Å². The molecule has 4 N–H and O–H groups in total. The van der Waals surface area contributed by atoms with Gasteiger partial charge < -0.3 is 20.4 Å². The van der Waals surface area contributed by atoms with E-state index < -0.39 is 11.8 Å². The molecule has 10 heteroatoms. The monoisotopic (exact) mass is 1040 g/mol. The van der Waals surface area contributed by atoms with Crippen LogP contribution in [-0.2, 0) is 25.7 Å². The van der Waals surface area contributed by atoms with Crippen molar-refractivity contribution in [3.8, 4) is 11.8 Å². The molecule has 0 saturated carbocycles.